The van der Waals surface area contributed by atoms with Crippen LogP contribution in [0, 0.1) is 5.92 Å². The Bertz CT molecular complexity index is 1110. The fraction of sp³-hybridized carbons (Fsp3) is 0.346. The molecule has 0 fully saturated rings. The monoisotopic (exact) mass is 449 g/mol. The van der Waals surface area contributed by atoms with Crippen LogP contribution in [0.25, 0.3) is 0 Å². The molecule has 1 aliphatic heterocycles. The molecule has 1 aliphatic carbocycles. The van der Waals surface area contributed by atoms with E-state index < -0.39 is 23.7 Å². The van der Waals surface area contributed by atoms with Gasteiger partial charge in [-0.2, -0.15) is 0 Å². The van der Waals surface area contributed by atoms with Gasteiger partial charge in [0.2, 0.25) is 5.91 Å². The molecule has 7 heteroatoms. The summed E-state index contributed by atoms with van der Waals surface area (Å²) in [7, 11) is 3.06. The van der Waals surface area contributed by atoms with Crippen molar-refractivity contribution in [1.82, 2.24) is 5.32 Å². The summed E-state index contributed by atoms with van der Waals surface area (Å²) in [4.78, 5) is 39.6. The number of nitrogens with one attached hydrogen (secondary N) is 1. The van der Waals surface area contributed by atoms with Gasteiger partial charge >= 0.3 is 5.97 Å². The maximum Gasteiger partial charge on any atom is 0.317 e. The molecule has 1 N–H and O–H groups in total. The lowest BCUT2D eigenvalue weighted by atomic mass is 9.68. The van der Waals surface area contributed by atoms with E-state index in [1.807, 2.05) is 36.4 Å². The van der Waals surface area contributed by atoms with Gasteiger partial charge in [0.15, 0.2) is 17.3 Å². The molecule has 0 bridgehead atoms. The molecule has 33 heavy (non-hydrogen) atoms. The molecular formula is C26H27NO6. The van der Waals surface area contributed by atoms with E-state index >= 15 is 0 Å². The van der Waals surface area contributed by atoms with E-state index in [1.54, 1.807) is 19.1 Å². The molecule has 7 nitrogen and oxygen atoms in total. The Morgan fingerprint density at radius 1 is 1.00 bits per heavy atom. The van der Waals surface area contributed by atoms with E-state index in [2.05, 4.69) is 5.32 Å². The van der Waals surface area contributed by atoms with E-state index in [4.69, 9.17) is 14.2 Å². The van der Waals surface area contributed by atoms with Gasteiger partial charge in [-0.15, -0.1) is 0 Å². The van der Waals surface area contributed by atoms with Crippen molar-refractivity contribution in [2.45, 2.75) is 31.6 Å². The lowest BCUT2D eigenvalue weighted by Gasteiger charge is -2.38. The lowest BCUT2D eigenvalue weighted by Crippen LogP contribution is -2.44. The molecular weight excluding hydrogens is 422 g/mol. The molecule has 0 spiro atoms. The van der Waals surface area contributed by atoms with Gasteiger partial charge in [-0.25, -0.2) is 0 Å². The van der Waals surface area contributed by atoms with Crippen molar-refractivity contribution < 1.29 is 28.6 Å². The Kier molecular flexibility index (Phi) is 6.49. The van der Waals surface area contributed by atoms with Crippen LogP contribution in [0.4, 0.5) is 0 Å². The number of allylic oxidation sites excluding steroid dienone is 2. The third-order valence-corrected chi connectivity index (χ3v) is 6.30. The van der Waals surface area contributed by atoms with Gasteiger partial charge in [-0.1, -0.05) is 42.5 Å². The molecule has 1 heterocycles. The highest BCUT2D eigenvalue weighted by Crippen LogP contribution is 2.48. The number of methoxy groups -OCH3 is 2. The number of hydrogen-bond acceptors (Lipinski definition) is 6. The van der Waals surface area contributed by atoms with Crippen LogP contribution in [0.15, 0.2) is 59.8 Å². The van der Waals surface area contributed by atoms with Crippen LogP contribution in [0.1, 0.15) is 42.7 Å². The number of para-hydroxylation sites is 1. The summed E-state index contributed by atoms with van der Waals surface area (Å²) in [5, 5.41) is 2.90. The number of carbonyl (C=O) groups excluding carboxylic acids is 3. The van der Waals surface area contributed by atoms with Crippen LogP contribution in [-0.4, -0.2) is 38.5 Å². The zero-order valence-corrected chi connectivity index (χ0v) is 18.9. The second-order valence-electron chi connectivity index (χ2n) is 8.10. The number of hydrogen-bond donors (Lipinski definition) is 1. The van der Waals surface area contributed by atoms with Gasteiger partial charge in [0.05, 0.1) is 20.8 Å². The van der Waals surface area contributed by atoms with Gasteiger partial charge in [-0.3, -0.25) is 14.4 Å². The molecule has 2 aromatic rings. The smallest absolute Gasteiger partial charge is 0.317 e. The van der Waals surface area contributed by atoms with Crippen molar-refractivity contribution in [2.75, 3.05) is 20.8 Å². The molecule has 1 amide bonds. The Morgan fingerprint density at radius 3 is 2.42 bits per heavy atom. The highest BCUT2D eigenvalue weighted by atomic mass is 16.5. The minimum Gasteiger partial charge on any atom is -0.493 e. The van der Waals surface area contributed by atoms with Crippen LogP contribution in [0.2, 0.25) is 0 Å². The molecule has 2 aromatic carbocycles. The summed E-state index contributed by atoms with van der Waals surface area (Å²) in [6, 6.07) is 14.8. The second kappa shape index (κ2) is 9.48. The first-order valence-electron chi connectivity index (χ1n) is 11.0. The van der Waals surface area contributed by atoms with Crippen molar-refractivity contribution in [3.8, 4) is 11.5 Å². The molecule has 0 saturated carbocycles. The van der Waals surface area contributed by atoms with E-state index in [-0.39, 0.29) is 24.7 Å². The SMILES string of the molecule is CCOC(=O)[C@@H]1C(=O)C2=C(C[C@@H]1c1ccccc1)NC(=O)C[C@@H]2c1cccc(OC)c1OC. The minimum absolute atomic E-state index is 0.0691. The van der Waals surface area contributed by atoms with Crippen molar-refractivity contribution in [3.05, 3.63) is 70.9 Å². The summed E-state index contributed by atoms with van der Waals surface area (Å²) in [6.45, 7) is 1.90. The summed E-state index contributed by atoms with van der Waals surface area (Å²) in [5.74, 6) is -2.04. The maximum absolute atomic E-state index is 13.9. The Labute approximate surface area is 192 Å². The summed E-state index contributed by atoms with van der Waals surface area (Å²) in [6.07, 6.45) is 0.419. The largest absolute Gasteiger partial charge is 0.493 e. The van der Waals surface area contributed by atoms with Gasteiger partial charge < -0.3 is 19.5 Å². The molecule has 0 radical (unpaired) electrons. The molecule has 3 atom stereocenters. The molecule has 0 unspecified atom stereocenters. The number of esters is 1. The summed E-state index contributed by atoms with van der Waals surface area (Å²) in [5.41, 5.74) is 2.52. The average Bonchev–Trinajstić information content (AvgIpc) is 2.83. The first-order valence-corrected chi connectivity index (χ1v) is 11.0. The van der Waals surface area contributed by atoms with E-state index in [0.29, 0.717) is 34.8 Å². The highest BCUT2D eigenvalue weighted by Gasteiger charge is 2.48. The number of carbonyl (C=O) groups is 3. The molecule has 172 valence electrons. The van der Waals surface area contributed by atoms with E-state index in [9.17, 15) is 14.4 Å². The Hall–Kier alpha value is -3.61. The van der Waals surface area contributed by atoms with Crippen LogP contribution in [0.3, 0.4) is 0 Å². The molecule has 0 saturated heterocycles. The number of amides is 1. The molecule has 2 aliphatic rings. The topological polar surface area (TPSA) is 90.9 Å². The minimum atomic E-state index is -0.986. The second-order valence-corrected chi connectivity index (χ2v) is 8.10. The van der Waals surface area contributed by atoms with Crippen molar-refractivity contribution in [2.24, 2.45) is 5.92 Å². The quantitative estimate of drug-likeness (QED) is 0.536. The summed E-state index contributed by atoms with van der Waals surface area (Å²) < 4.78 is 16.3. The first kappa shape index (κ1) is 22.6. The van der Waals surface area contributed by atoms with Gasteiger partial charge in [0, 0.05) is 35.1 Å². The van der Waals surface area contributed by atoms with Crippen LogP contribution >= 0.6 is 0 Å². The number of benzene rings is 2. The zero-order valence-electron chi connectivity index (χ0n) is 18.9. The van der Waals surface area contributed by atoms with Gasteiger partial charge in [-0.05, 0) is 25.0 Å². The number of Topliss-reactive ketones (excluding diaryl/α,β-unsaturated/α-hetero) is 1. The summed E-state index contributed by atoms with van der Waals surface area (Å²) >= 11 is 0. The van der Waals surface area contributed by atoms with E-state index in [1.165, 1.54) is 14.2 Å². The van der Waals surface area contributed by atoms with Gasteiger partial charge in [0.1, 0.15) is 5.92 Å². The predicted octanol–water partition coefficient (Wildman–Crippen LogP) is 3.50. The van der Waals surface area contributed by atoms with Crippen LogP contribution in [-0.2, 0) is 19.1 Å². The fourth-order valence-electron chi connectivity index (χ4n) is 4.92. The Morgan fingerprint density at radius 2 is 1.76 bits per heavy atom. The number of ether oxygens (including phenoxy) is 3. The standard InChI is InChI=1S/C26H27NO6/c1-4-33-26(30)23-17(15-9-6-5-7-10-15)13-19-22(24(23)29)18(14-21(28)27-19)16-11-8-12-20(31-2)25(16)32-3/h5-12,17-18,23H,4,13-14H2,1-3H3,(H,27,28)/t17-,18-,23+/m1/s1. The highest BCUT2D eigenvalue weighted by molar-refractivity contribution is 6.12. The van der Waals surface area contributed by atoms with Crippen LogP contribution in [0.5, 0.6) is 11.5 Å². The number of ketones is 1. The molecule has 0 aromatic heterocycles. The number of rotatable bonds is 6. The average molecular weight is 450 g/mol. The Balaban J connectivity index is 1.86. The third kappa shape index (κ3) is 4.11. The van der Waals surface area contributed by atoms with Crippen molar-refractivity contribution in [1.29, 1.82) is 0 Å². The van der Waals surface area contributed by atoms with Crippen molar-refractivity contribution in [3.63, 3.8) is 0 Å². The predicted molar refractivity (Wildman–Crippen MR) is 121 cm³/mol. The lowest BCUT2D eigenvalue weighted by molar-refractivity contribution is -0.152. The zero-order chi connectivity index (χ0) is 23.5. The fourth-order valence-corrected chi connectivity index (χ4v) is 4.92. The molecule has 4 rings (SSSR count). The van der Waals surface area contributed by atoms with Crippen molar-refractivity contribution >= 4 is 17.7 Å². The maximum atomic E-state index is 13.9. The van der Waals surface area contributed by atoms with E-state index in [0.717, 1.165) is 5.56 Å². The van der Waals surface area contributed by atoms with Gasteiger partial charge in [0.25, 0.3) is 0 Å². The van der Waals surface area contributed by atoms with Crippen LogP contribution < -0.4 is 14.8 Å². The first-order chi connectivity index (χ1) is 16.0. The normalized spacial score (nSPS) is 22.3. The third-order valence-electron chi connectivity index (χ3n) is 6.30.